The number of carbonyl (C=O) groups is 1. The van der Waals surface area contributed by atoms with Crippen molar-refractivity contribution in [2.75, 3.05) is 26.2 Å². The zero-order valence-corrected chi connectivity index (χ0v) is 11.9. The predicted molar refractivity (Wildman–Crippen MR) is 69.5 cm³/mol. The van der Waals surface area contributed by atoms with Gasteiger partial charge in [0.1, 0.15) is 0 Å². The van der Waals surface area contributed by atoms with E-state index in [9.17, 15) is 23.1 Å². The Morgan fingerprint density at radius 3 is 2.52 bits per heavy atom. The zero-order valence-electron chi connectivity index (χ0n) is 11.9. The number of nitrogens with one attached hydrogen (secondary N) is 1. The molecule has 1 spiro atoms. The van der Waals surface area contributed by atoms with Crippen LogP contribution in [0.4, 0.5) is 13.2 Å². The monoisotopic (exact) mass is 306 g/mol. The second kappa shape index (κ2) is 4.84. The molecule has 3 rings (SSSR count). The molecule has 4 nitrogen and oxygen atoms in total. The van der Waals surface area contributed by atoms with E-state index in [2.05, 4.69) is 5.32 Å². The van der Waals surface area contributed by atoms with Crippen LogP contribution in [0.25, 0.3) is 0 Å². The number of hydrogen-bond acceptors (Lipinski definition) is 3. The Kier molecular flexibility index (Phi) is 3.48. The van der Waals surface area contributed by atoms with Crippen LogP contribution in [0.5, 0.6) is 0 Å². The van der Waals surface area contributed by atoms with Crippen LogP contribution in [0.2, 0.25) is 0 Å². The van der Waals surface area contributed by atoms with E-state index in [1.54, 1.807) is 0 Å². The minimum atomic E-state index is -4.68. The molecule has 120 valence electrons. The largest absolute Gasteiger partial charge is 0.418 e. The molecule has 2 N–H and O–H groups in total. The van der Waals surface area contributed by atoms with Gasteiger partial charge < -0.3 is 15.3 Å². The Bertz CT molecular complexity index is 434. The number of aliphatic hydroxyl groups is 1. The average Bonchev–Trinajstić information content (AvgIpc) is 3.11. The van der Waals surface area contributed by atoms with Gasteiger partial charge in [0, 0.05) is 12.5 Å². The lowest BCUT2D eigenvalue weighted by Crippen LogP contribution is -2.58. The van der Waals surface area contributed by atoms with Crippen molar-refractivity contribution in [3.8, 4) is 0 Å². The first kappa shape index (κ1) is 15.1. The molecule has 21 heavy (non-hydrogen) atoms. The summed E-state index contributed by atoms with van der Waals surface area (Å²) in [6.07, 6.45) is -2.18. The van der Waals surface area contributed by atoms with Crippen molar-refractivity contribution in [3.05, 3.63) is 0 Å². The van der Waals surface area contributed by atoms with Crippen molar-refractivity contribution in [3.63, 3.8) is 0 Å². The summed E-state index contributed by atoms with van der Waals surface area (Å²) in [5, 5.41) is 13.0. The van der Waals surface area contributed by atoms with Crippen LogP contribution in [0.15, 0.2) is 0 Å². The van der Waals surface area contributed by atoms with Gasteiger partial charge in [0.15, 0.2) is 5.60 Å². The Balaban J connectivity index is 1.66. The molecule has 2 atom stereocenters. The standard InChI is InChI=1S/C14H21F3N2O2/c15-14(16,17)13(21)2-1-7-19(9-13)11(20)10-8-12(10)3-5-18-6-4-12/h10,18,21H,1-9H2. The number of hydrogen-bond donors (Lipinski definition) is 2. The molecule has 3 aliphatic rings. The van der Waals surface area contributed by atoms with E-state index in [-0.39, 0.29) is 30.1 Å². The fourth-order valence-corrected chi connectivity index (χ4v) is 3.85. The highest BCUT2D eigenvalue weighted by molar-refractivity contribution is 5.83. The van der Waals surface area contributed by atoms with Gasteiger partial charge in [-0.05, 0) is 50.6 Å². The minimum absolute atomic E-state index is 0.0100. The van der Waals surface area contributed by atoms with E-state index in [0.29, 0.717) is 6.54 Å². The molecule has 2 saturated heterocycles. The lowest BCUT2D eigenvalue weighted by molar-refractivity contribution is -0.272. The molecular formula is C14H21F3N2O2. The van der Waals surface area contributed by atoms with Crippen LogP contribution < -0.4 is 5.32 Å². The molecule has 3 fully saturated rings. The van der Waals surface area contributed by atoms with Gasteiger partial charge in [-0.2, -0.15) is 13.2 Å². The molecule has 0 aromatic heterocycles. The third-order valence-electron chi connectivity index (χ3n) is 5.40. The maximum atomic E-state index is 12.9. The van der Waals surface area contributed by atoms with Gasteiger partial charge in [0.05, 0.1) is 6.54 Å². The van der Waals surface area contributed by atoms with Crippen molar-refractivity contribution in [2.24, 2.45) is 11.3 Å². The lowest BCUT2D eigenvalue weighted by atomic mass is 9.89. The fraction of sp³-hybridized carbons (Fsp3) is 0.929. The Morgan fingerprint density at radius 2 is 1.90 bits per heavy atom. The Hall–Kier alpha value is -0.820. The highest BCUT2D eigenvalue weighted by Crippen LogP contribution is 2.59. The normalized spacial score (nSPS) is 35.8. The number of amides is 1. The van der Waals surface area contributed by atoms with Crippen LogP contribution in [-0.4, -0.2) is 53.9 Å². The van der Waals surface area contributed by atoms with Crippen molar-refractivity contribution in [1.82, 2.24) is 10.2 Å². The van der Waals surface area contributed by atoms with Crippen LogP contribution in [-0.2, 0) is 4.79 Å². The summed E-state index contributed by atoms with van der Waals surface area (Å²) in [6.45, 7) is 1.45. The summed E-state index contributed by atoms with van der Waals surface area (Å²) in [5.41, 5.74) is -2.73. The Labute approximate surface area is 121 Å². The highest BCUT2D eigenvalue weighted by Gasteiger charge is 2.61. The first-order chi connectivity index (χ1) is 9.78. The van der Waals surface area contributed by atoms with Crippen LogP contribution >= 0.6 is 0 Å². The smallest absolute Gasteiger partial charge is 0.379 e. The minimum Gasteiger partial charge on any atom is -0.379 e. The van der Waals surface area contributed by atoms with Crippen molar-refractivity contribution >= 4 is 5.91 Å². The Morgan fingerprint density at radius 1 is 1.24 bits per heavy atom. The van der Waals surface area contributed by atoms with Gasteiger partial charge in [-0.1, -0.05) is 0 Å². The summed E-state index contributed by atoms with van der Waals surface area (Å²) in [5.74, 6) is -0.338. The van der Waals surface area contributed by atoms with Gasteiger partial charge in [0.2, 0.25) is 5.91 Å². The van der Waals surface area contributed by atoms with E-state index < -0.39 is 18.3 Å². The molecule has 0 aromatic rings. The maximum absolute atomic E-state index is 12.9. The fourth-order valence-electron chi connectivity index (χ4n) is 3.85. The van der Waals surface area contributed by atoms with E-state index in [1.807, 2.05) is 0 Å². The number of alkyl halides is 3. The second-order valence-corrected chi connectivity index (χ2v) is 6.76. The van der Waals surface area contributed by atoms with Crippen LogP contribution in [0, 0.1) is 11.3 Å². The summed E-state index contributed by atoms with van der Waals surface area (Å²) in [4.78, 5) is 13.7. The van der Waals surface area contributed by atoms with Crippen LogP contribution in [0.1, 0.15) is 32.1 Å². The quantitative estimate of drug-likeness (QED) is 0.767. The van der Waals surface area contributed by atoms with E-state index >= 15 is 0 Å². The first-order valence-electron chi connectivity index (χ1n) is 7.56. The van der Waals surface area contributed by atoms with Crippen molar-refractivity contribution in [2.45, 2.75) is 43.9 Å². The van der Waals surface area contributed by atoms with Gasteiger partial charge in [-0.25, -0.2) is 0 Å². The van der Waals surface area contributed by atoms with Crippen LogP contribution in [0.3, 0.4) is 0 Å². The molecule has 1 saturated carbocycles. The first-order valence-corrected chi connectivity index (χ1v) is 7.56. The average molecular weight is 306 g/mol. The number of piperidine rings is 2. The van der Waals surface area contributed by atoms with Gasteiger partial charge >= 0.3 is 6.18 Å². The highest BCUT2D eigenvalue weighted by atomic mass is 19.4. The molecule has 1 amide bonds. The summed E-state index contributed by atoms with van der Waals surface area (Å²) in [7, 11) is 0. The zero-order chi connectivity index (χ0) is 15.3. The van der Waals surface area contributed by atoms with E-state index in [1.165, 1.54) is 4.90 Å². The summed E-state index contributed by atoms with van der Waals surface area (Å²) < 4.78 is 38.8. The topological polar surface area (TPSA) is 52.6 Å². The SMILES string of the molecule is O=C(C1CC12CCNCC2)N1CCCC(O)(C(F)(F)F)C1. The predicted octanol–water partition coefficient (Wildman–Crippen LogP) is 1.29. The maximum Gasteiger partial charge on any atom is 0.418 e. The molecule has 0 radical (unpaired) electrons. The number of halogens is 3. The molecule has 0 aromatic carbocycles. The molecular weight excluding hydrogens is 285 g/mol. The molecule has 7 heteroatoms. The van der Waals surface area contributed by atoms with Gasteiger partial charge in [-0.3, -0.25) is 4.79 Å². The number of rotatable bonds is 1. The number of β-amino-alcohol motifs (C(OH)–C–C–N with tert-alkyl or cyclic N) is 1. The van der Waals surface area contributed by atoms with Gasteiger partial charge in [-0.15, -0.1) is 0 Å². The molecule has 1 aliphatic carbocycles. The van der Waals surface area contributed by atoms with E-state index in [4.69, 9.17) is 0 Å². The molecule has 2 aliphatic heterocycles. The van der Waals surface area contributed by atoms with E-state index in [0.717, 1.165) is 32.4 Å². The van der Waals surface area contributed by atoms with Crippen molar-refractivity contribution in [1.29, 1.82) is 0 Å². The summed E-state index contributed by atoms with van der Waals surface area (Å²) >= 11 is 0. The number of likely N-dealkylation sites (tertiary alicyclic amines) is 1. The molecule has 2 unspecified atom stereocenters. The number of carbonyl (C=O) groups excluding carboxylic acids is 1. The third-order valence-corrected chi connectivity index (χ3v) is 5.40. The third kappa shape index (κ3) is 2.54. The second-order valence-electron chi connectivity index (χ2n) is 6.76. The summed E-state index contributed by atoms with van der Waals surface area (Å²) in [6, 6.07) is 0. The van der Waals surface area contributed by atoms with Crippen molar-refractivity contribution < 1.29 is 23.1 Å². The number of nitrogens with zero attached hydrogens (tertiary/aromatic N) is 1. The van der Waals surface area contributed by atoms with Gasteiger partial charge in [0.25, 0.3) is 0 Å². The lowest BCUT2D eigenvalue weighted by Gasteiger charge is -2.40. The molecule has 2 heterocycles. The molecule has 0 bridgehead atoms.